The number of nitrogens with one attached hydrogen (secondary N) is 1. The number of carbonyl (C=O) groups is 2. The fourth-order valence-corrected chi connectivity index (χ4v) is 5.81. The van der Waals surface area contributed by atoms with Crippen molar-refractivity contribution < 1.29 is 46.5 Å². The zero-order valence-corrected chi connectivity index (χ0v) is 25.0. The molecule has 2 saturated carbocycles. The summed E-state index contributed by atoms with van der Waals surface area (Å²) in [6.07, 6.45) is -1.10. The molecule has 2 aromatic carbocycles. The quantitative estimate of drug-likeness (QED) is 0.201. The normalized spacial score (nSPS) is 18.5. The molecule has 3 heterocycles. The molecule has 0 unspecified atom stereocenters. The predicted molar refractivity (Wildman–Crippen MR) is 157 cm³/mol. The molecule has 246 valence electrons. The van der Waals surface area contributed by atoms with Gasteiger partial charge < -0.3 is 30.4 Å². The predicted octanol–water partition coefficient (Wildman–Crippen LogP) is 4.43. The lowest BCUT2D eigenvalue weighted by Gasteiger charge is -2.30. The smallest absolute Gasteiger partial charge is 0.491 e. The maximum atomic E-state index is 14.9. The number of nitrogens with zero attached hydrogens (tertiary/aromatic N) is 3. The van der Waals surface area contributed by atoms with E-state index in [9.17, 15) is 32.3 Å². The van der Waals surface area contributed by atoms with Crippen molar-refractivity contribution >= 4 is 22.7 Å². The summed E-state index contributed by atoms with van der Waals surface area (Å²) in [5.74, 6) is -4.52. The van der Waals surface area contributed by atoms with E-state index in [1.165, 1.54) is 36.5 Å². The molecule has 0 saturated heterocycles. The number of halogens is 4. The Morgan fingerprint density at radius 3 is 2.57 bits per heavy atom. The Bertz CT molecular complexity index is 1940. The summed E-state index contributed by atoms with van der Waals surface area (Å²) in [6, 6.07) is 7.84. The van der Waals surface area contributed by atoms with Gasteiger partial charge in [-0.1, -0.05) is 0 Å². The highest BCUT2D eigenvalue weighted by Crippen LogP contribution is 2.49. The molecule has 2 amide bonds. The maximum Gasteiger partial charge on any atom is 0.586 e. The largest absolute Gasteiger partial charge is 0.586 e. The molecule has 1 aliphatic heterocycles. The second-order valence-corrected chi connectivity index (χ2v) is 12.0. The topological polar surface area (TPSA) is 151 Å². The van der Waals surface area contributed by atoms with Crippen LogP contribution in [0.5, 0.6) is 17.2 Å². The van der Waals surface area contributed by atoms with E-state index in [4.69, 9.17) is 15.5 Å². The van der Waals surface area contributed by atoms with Crippen molar-refractivity contribution in [2.75, 3.05) is 13.2 Å². The second-order valence-electron chi connectivity index (χ2n) is 12.0. The Hall–Kier alpha value is -4.92. The third kappa shape index (κ3) is 5.68. The highest BCUT2D eigenvalue weighted by molar-refractivity contribution is 5.98. The Morgan fingerprint density at radius 1 is 1.15 bits per heavy atom. The fraction of sp³-hybridized carbons (Fsp3) is 0.375. The molecule has 0 bridgehead atoms. The first-order chi connectivity index (χ1) is 22.3. The number of benzene rings is 2. The number of ether oxygens (including phenoxy) is 3. The van der Waals surface area contributed by atoms with Crippen LogP contribution in [0.1, 0.15) is 54.2 Å². The summed E-state index contributed by atoms with van der Waals surface area (Å²) in [6.45, 7) is 1.50. The molecule has 4 N–H and O–H groups in total. The van der Waals surface area contributed by atoms with Gasteiger partial charge in [-0.3, -0.25) is 9.59 Å². The summed E-state index contributed by atoms with van der Waals surface area (Å²) >= 11 is 0. The SMILES string of the molecule is CCOc1c(CC(N)=O)cc([C@@](O)(CNC(=O)c2cc(F)c3nn(C4(F)CC4)cc3c2)C2CC2)nc1-c1ccc2c(c1)OC(F)(F)O2. The number of primary amides is 1. The minimum atomic E-state index is -3.86. The number of hydrogen-bond acceptors (Lipinski definition) is 8. The molecule has 0 spiro atoms. The molecule has 7 rings (SSSR count). The number of hydrogen-bond donors (Lipinski definition) is 3. The molecule has 4 aromatic rings. The average Bonchev–Trinajstić information content (AvgIpc) is 3.93. The number of nitrogens with two attached hydrogens (primary N) is 1. The minimum absolute atomic E-state index is 0.0664. The van der Waals surface area contributed by atoms with E-state index in [-0.39, 0.29) is 94.6 Å². The van der Waals surface area contributed by atoms with Gasteiger partial charge in [0.15, 0.2) is 17.3 Å². The van der Waals surface area contributed by atoms with Crippen LogP contribution >= 0.6 is 0 Å². The Kier molecular flexibility index (Phi) is 7.07. The van der Waals surface area contributed by atoms with E-state index in [0.717, 1.165) is 10.7 Å². The van der Waals surface area contributed by atoms with Gasteiger partial charge in [0.1, 0.15) is 22.6 Å². The van der Waals surface area contributed by atoms with E-state index < -0.39 is 35.3 Å². The highest BCUT2D eigenvalue weighted by atomic mass is 19.3. The van der Waals surface area contributed by atoms with Crippen LogP contribution in [0.3, 0.4) is 0 Å². The summed E-state index contributed by atoms with van der Waals surface area (Å²) in [5, 5.41) is 19.0. The fourth-order valence-electron chi connectivity index (χ4n) is 5.81. The van der Waals surface area contributed by atoms with Crippen LogP contribution in [-0.2, 0) is 22.6 Å². The molecule has 2 aromatic heterocycles. The number of amides is 2. The zero-order chi connectivity index (χ0) is 33.3. The van der Waals surface area contributed by atoms with E-state index in [2.05, 4.69) is 19.9 Å². The van der Waals surface area contributed by atoms with Gasteiger partial charge in [0.2, 0.25) is 11.7 Å². The average molecular weight is 656 g/mol. The van der Waals surface area contributed by atoms with Crippen LogP contribution in [0, 0.1) is 11.7 Å². The molecular weight excluding hydrogens is 626 g/mol. The first-order valence-corrected chi connectivity index (χ1v) is 15.0. The van der Waals surface area contributed by atoms with Crippen LogP contribution in [0.15, 0.2) is 42.6 Å². The van der Waals surface area contributed by atoms with Crippen molar-refractivity contribution in [1.82, 2.24) is 20.1 Å². The van der Waals surface area contributed by atoms with Crippen LogP contribution in [0.4, 0.5) is 17.6 Å². The zero-order valence-electron chi connectivity index (χ0n) is 25.0. The number of fused-ring (bicyclic) bond motifs is 2. The van der Waals surface area contributed by atoms with Crippen LogP contribution in [-0.4, -0.2) is 51.1 Å². The van der Waals surface area contributed by atoms with Gasteiger partial charge in [0.05, 0.1) is 25.3 Å². The molecule has 0 radical (unpaired) electrons. The van der Waals surface area contributed by atoms with Crippen LogP contribution in [0.2, 0.25) is 0 Å². The van der Waals surface area contributed by atoms with Gasteiger partial charge in [-0.25, -0.2) is 18.4 Å². The van der Waals surface area contributed by atoms with Crippen molar-refractivity contribution in [2.24, 2.45) is 11.7 Å². The van der Waals surface area contributed by atoms with Crippen LogP contribution < -0.4 is 25.3 Å². The van der Waals surface area contributed by atoms with Gasteiger partial charge >= 0.3 is 6.29 Å². The molecule has 2 fully saturated rings. The highest BCUT2D eigenvalue weighted by Gasteiger charge is 2.48. The number of alkyl halides is 3. The molecule has 15 heteroatoms. The van der Waals surface area contributed by atoms with E-state index in [1.54, 1.807) is 6.92 Å². The summed E-state index contributed by atoms with van der Waals surface area (Å²) in [5.41, 5.74) is 4.35. The number of aliphatic hydroxyl groups is 1. The standard InChI is InChI=1S/C32H29F4N5O6/c1-2-45-28-17(13-25(37)42)12-24(39-27(28)16-3-6-22-23(11-16)47-32(35,36)46-22)31(44,20-4-5-20)15-38-29(43)18-9-19-14-41(30(34)7-8-30)40-26(19)21(33)10-18/h3,6,9-12,14,20,44H,2,4-5,7-8,13,15H2,1H3,(H2,37,42)(H,38,43)/t31-/m1/s1. The van der Waals surface area contributed by atoms with Gasteiger partial charge in [0.25, 0.3) is 5.91 Å². The molecule has 2 aliphatic carbocycles. The van der Waals surface area contributed by atoms with Crippen molar-refractivity contribution in [1.29, 1.82) is 0 Å². The van der Waals surface area contributed by atoms with E-state index >= 15 is 0 Å². The van der Waals surface area contributed by atoms with Crippen LogP contribution in [0.25, 0.3) is 22.2 Å². The molecule has 3 aliphatic rings. The van der Waals surface area contributed by atoms with Gasteiger partial charge in [-0.05, 0) is 62.1 Å². The summed E-state index contributed by atoms with van der Waals surface area (Å²) in [7, 11) is 0. The van der Waals surface area contributed by atoms with Crippen molar-refractivity contribution in [3.63, 3.8) is 0 Å². The van der Waals surface area contributed by atoms with Gasteiger partial charge in [0, 0.05) is 41.1 Å². The van der Waals surface area contributed by atoms with Crippen molar-refractivity contribution in [3.05, 3.63) is 65.2 Å². The van der Waals surface area contributed by atoms with E-state index in [1.807, 2.05) is 0 Å². The molecule has 11 nitrogen and oxygen atoms in total. The van der Waals surface area contributed by atoms with Gasteiger partial charge in [-0.2, -0.15) is 5.10 Å². The lowest BCUT2D eigenvalue weighted by Crippen LogP contribution is -2.43. The molecular formula is C32H29F4N5O6. The lowest BCUT2D eigenvalue weighted by molar-refractivity contribution is -0.286. The summed E-state index contributed by atoms with van der Waals surface area (Å²) < 4.78 is 73.1. The number of rotatable bonds is 11. The summed E-state index contributed by atoms with van der Waals surface area (Å²) in [4.78, 5) is 30.1. The lowest BCUT2D eigenvalue weighted by atomic mass is 9.90. The first-order valence-electron chi connectivity index (χ1n) is 15.0. The first kappa shape index (κ1) is 30.7. The minimum Gasteiger partial charge on any atom is -0.491 e. The monoisotopic (exact) mass is 655 g/mol. The Morgan fingerprint density at radius 2 is 1.89 bits per heavy atom. The van der Waals surface area contributed by atoms with Gasteiger partial charge in [-0.15, -0.1) is 8.78 Å². The van der Waals surface area contributed by atoms with Crippen molar-refractivity contribution in [2.45, 2.75) is 56.7 Å². The number of aromatic nitrogens is 3. The Balaban J connectivity index is 1.24. The Labute approximate surface area is 264 Å². The van der Waals surface area contributed by atoms with E-state index in [0.29, 0.717) is 12.8 Å². The number of carbonyl (C=O) groups excluding carboxylic acids is 2. The maximum absolute atomic E-state index is 14.9. The molecule has 47 heavy (non-hydrogen) atoms. The third-order valence-electron chi connectivity index (χ3n) is 8.49. The number of pyridine rings is 1. The second kappa shape index (κ2) is 10.8. The molecule has 1 atom stereocenters. The van der Waals surface area contributed by atoms with Crippen molar-refractivity contribution in [3.8, 4) is 28.5 Å². The third-order valence-corrected chi connectivity index (χ3v) is 8.49.